The van der Waals surface area contributed by atoms with E-state index in [9.17, 15) is 9.59 Å². The molecule has 0 spiro atoms. The average Bonchev–Trinajstić information content (AvgIpc) is 3.31. The molecule has 9 nitrogen and oxygen atoms in total. The van der Waals surface area contributed by atoms with Crippen molar-refractivity contribution in [2.75, 3.05) is 13.1 Å². The molecule has 136 valence electrons. The topological polar surface area (TPSA) is 114 Å². The molecule has 2 aromatic heterocycles. The van der Waals surface area contributed by atoms with Gasteiger partial charge in [-0.1, -0.05) is 5.16 Å². The zero-order valence-electron chi connectivity index (χ0n) is 14.3. The molecular formula is C17H20N6O3. The first kappa shape index (κ1) is 16.6. The van der Waals surface area contributed by atoms with Gasteiger partial charge in [-0.05, 0) is 25.2 Å². The number of nitrogens with one attached hydrogen (secondary N) is 1. The van der Waals surface area contributed by atoms with Crippen molar-refractivity contribution in [1.29, 1.82) is 0 Å². The van der Waals surface area contributed by atoms with E-state index in [2.05, 4.69) is 25.4 Å². The van der Waals surface area contributed by atoms with E-state index in [0.29, 0.717) is 43.2 Å². The van der Waals surface area contributed by atoms with Crippen molar-refractivity contribution < 1.29 is 14.1 Å². The molecule has 0 bridgehead atoms. The Balaban J connectivity index is 1.37. The highest BCUT2D eigenvalue weighted by Gasteiger charge is 2.33. The number of hydrogen-bond donors (Lipinski definition) is 1. The van der Waals surface area contributed by atoms with Crippen LogP contribution in [0.4, 0.5) is 0 Å². The third-order valence-electron chi connectivity index (χ3n) is 4.85. The fourth-order valence-corrected chi connectivity index (χ4v) is 3.55. The zero-order chi connectivity index (χ0) is 17.9. The molecule has 2 atom stereocenters. The maximum atomic E-state index is 12.6. The molecule has 2 amide bonds. The van der Waals surface area contributed by atoms with E-state index in [1.54, 1.807) is 18.6 Å². The third kappa shape index (κ3) is 3.56. The van der Waals surface area contributed by atoms with Gasteiger partial charge in [-0.3, -0.25) is 14.6 Å². The Bertz CT molecular complexity index is 793. The lowest BCUT2D eigenvalue weighted by molar-refractivity contribution is -0.136. The van der Waals surface area contributed by atoms with E-state index in [0.717, 1.165) is 19.4 Å². The highest BCUT2D eigenvalue weighted by molar-refractivity contribution is 5.90. The first-order valence-corrected chi connectivity index (χ1v) is 8.86. The summed E-state index contributed by atoms with van der Waals surface area (Å²) in [5, 5.41) is 6.71. The van der Waals surface area contributed by atoms with Crippen LogP contribution in [0, 0.1) is 5.92 Å². The van der Waals surface area contributed by atoms with Crippen molar-refractivity contribution in [3.8, 4) is 11.5 Å². The van der Waals surface area contributed by atoms with Gasteiger partial charge in [0.2, 0.25) is 23.5 Å². The Morgan fingerprint density at radius 3 is 3.04 bits per heavy atom. The highest BCUT2D eigenvalue weighted by atomic mass is 16.5. The molecule has 0 saturated carbocycles. The summed E-state index contributed by atoms with van der Waals surface area (Å²) >= 11 is 0. The van der Waals surface area contributed by atoms with Crippen LogP contribution >= 0.6 is 0 Å². The van der Waals surface area contributed by atoms with E-state index < -0.39 is 0 Å². The molecule has 0 aliphatic carbocycles. The Kier molecular flexibility index (Phi) is 4.59. The van der Waals surface area contributed by atoms with Crippen LogP contribution in [0.1, 0.15) is 31.6 Å². The molecule has 4 rings (SSSR count). The molecule has 2 aliphatic heterocycles. The molecule has 1 N–H and O–H groups in total. The zero-order valence-corrected chi connectivity index (χ0v) is 14.3. The van der Waals surface area contributed by atoms with Gasteiger partial charge in [-0.2, -0.15) is 4.98 Å². The minimum atomic E-state index is -0.368. The van der Waals surface area contributed by atoms with Crippen molar-refractivity contribution >= 4 is 11.8 Å². The molecule has 0 aromatic carbocycles. The Morgan fingerprint density at radius 2 is 2.27 bits per heavy atom. The molecule has 0 radical (unpaired) electrons. The Morgan fingerprint density at radius 1 is 1.35 bits per heavy atom. The molecule has 2 aromatic rings. The first-order valence-electron chi connectivity index (χ1n) is 8.86. The quantitative estimate of drug-likeness (QED) is 0.852. The van der Waals surface area contributed by atoms with Crippen LogP contribution < -0.4 is 5.32 Å². The summed E-state index contributed by atoms with van der Waals surface area (Å²) in [5.41, 5.74) is 0.569. The molecule has 4 heterocycles. The van der Waals surface area contributed by atoms with Gasteiger partial charge < -0.3 is 14.7 Å². The van der Waals surface area contributed by atoms with E-state index in [1.807, 2.05) is 4.90 Å². The smallest absolute Gasteiger partial charge is 0.245 e. The van der Waals surface area contributed by atoms with Crippen LogP contribution in [0.25, 0.3) is 11.5 Å². The number of piperidine rings is 1. The average molecular weight is 356 g/mol. The van der Waals surface area contributed by atoms with Crippen molar-refractivity contribution in [2.45, 2.75) is 38.1 Å². The van der Waals surface area contributed by atoms with Crippen LogP contribution in [0.2, 0.25) is 0 Å². The SMILES string of the molecule is O=C1CCC(C(=O)N2CCCC(Cc3nc(-c4cnccn4)no3)C2)N1. The van der Waals surface area contributed by atoms with Gasteiger partial charge in [-0.15, -0.1) is 0 Å². The lowest BCUT2D eigenvalue weighted by Crippen LogP contribution is -2.48. The second-order valence-corrected chi connectivity index (χ2v) is 6.76. The molecule has 2 unspecified atom stereocenters. The van der Waals surface area contributed by atoms with Gasteiger partial charge in [0.15, 0.2) is 0 Å². The predicted octanol–water partition coefficient (Wildman–Crippen LogP) is 0.586. The highest BCUT2D eigenvalue weighted by Crippen LogP contribution is 2.23. The largest absolute Gasteiger partial charge is 0.344 e. The monoisotopic (exact) mass is 356 g/mol. The maximum Gasteiger partial charge on any atom is 0.245 e. The van der Waals surface area contributed by atoms with Gasteiger partial charge in [0.1, 0.15) is 11.7 Å². The maximum absolute atomic E-state index is 12.6. The summed E-state index contributed by atoms with van der Waals surface area (Å²) in [6.45, 7) is 1.38. The van der Waals surface area contributed by atoms with Gasteiger partial charge in [-0.25, -0.2) is 4.98 Å². The number of carbonyl (C=O) groups excluding carboxylic acids is 2. The summed E-state index contributed by atoms with van der Waals surface area (Å²) in [7, 11) is 0. The minimum absolute atomic E-state index is 0.0197. The van der Waals surface area contributed by atoms with E-state index in [1.165, 1.54) is 0 Å². The Hall–Kier alpha value is -2.84. The third-order valence-corrected chi connectivity index (χ3v) is 4.85. The fraction of sp³-hybridized carbons (Fsp3) is 0.529. The number of amides is 2. The van der Waals surface area contributed by atoms with Gasteiger partial charge >= 0.3 is 0 Å². The van der Waals surface area contributed by atoms with Crippen molar-refractivity contribution in [3.63, 3.8) is 0 Å². The molecule has 26 heavy (non-hydrogen) atoms. The summed E-state index contributed by atoms with van der Waals surface area (Å²) in [6, 6.07) is -0.368. The van der Waals surface area contributed by atoms with Crippen LogP contribution in [0.5, 0.6) is 0 Å². The fourth-order valence-electron chi connectivity index (χ4n) is 3.55. The van der Waals surface area contributed by atoms with Crippen molar-refractivity contribution in [1.82, 2.24) is 30.3 Å². The minimum Gasteiger partial charge on any atom is -0.344 e. The second kappa shape index (κ2) is 7.19. The number of hydrogen-bond acceptors (Lipinski definition) is 7. The summed E-state index contributed by atoms with van der Waals surface area (Å²) in [4.78, 5) is 38.3. The lowest BCUT2D eigenvalue weighted by atomic mass is 9.94. The number of aromatic nitrogens is 4. The lowest BCUT2D eigenvalue weighted by Gasteiger charge is -2.33. The van der Waals surface area contributed by atoms with Crippen LogP contribution in [0.15, 0.2) is 23.1 Å². The van der Waals surface area contributed by atoms with Crippen molar-refractivity contribution in [3.05, 3.63) is 24.5 Å². The van der Waals surface area contributed by atoms with Crippen LogP contribution in [-0.2, 0) is 16.0 Å². The van der Waals surface area contributed by atoms with Crippen molar-refractivity contribution in [2.24, 2.45) is 5.92 Å². The Labute approximate surface area is 150 Å². The number of rotatable bonds is 4. The molecule has 2 fully saturated rings. The van der Waals surface area contributed by atoms with E-state index in [4.69, 9.17) is 4.52 Å². The molecule has 9 heteroatoms. The summed E-state index contributed by atoms with van der Waals surface area (Å²) in [5.74, 6) is 1.20. The normalized spacial score (nSPS) is 23.1. The van der Waals surface area contributed by atoms with Crippen LogP contribution in [-0.4, -0.2) is 56.0 Å². The number of nitrogens with zero attached hydrogens (tertiary/aromatic N) is 5. The molecule has 2 saturated heterocycles. The molecule has 2 aliphatic rings. The van der Waals surface area contributed by atoms with E-state index in [-0.39, 0.29) is 23.8 Å². The predicted molar refractivity (Wildman–Crippen MR) is 89.5 cm³/mol. The first-order chi connectivity index (χ1) is 12.7. The summed E-state index contributed by atoms with van der Waals surface area (Å²) < 4.78 is 5.34. The van der Waals surface area contributed by atoms with Gasteiger partial charge in [0, 0.05) is 38.3 Å². The van der Waals surface area contributed by atoms with Crippen LogP contribution in [0.3, 0.4) is 0 Å². The number of likely N-dealkylation sites (tertiary alicyclic amines) is 1. The van der Waals surface area contributed by atoms with E-state index >= 15 is 0 Å². The summed E-state index contributed by atoms with van der Waals surface area (Å²) in [6.07, 6.45) is 8.33. The molecular weight excluding hydrogens is 336 g/mol. The van der Waals surface area contributed by atoms with Gasteiger partial charge in [0.25, 0.3) is 0 Å². The standard InChI is InChI=1S/C17H20N6O3/c24-14-4-3-12(20-14)17(25)23-7-1-2-11(10-23)8-15-21-16(22-26-15)13-9-18-5-6-19-13/h5-6,9,11-12H,1-4,7-8,10H2,(H,20,24). The van der Waals surface area contributed by atoms with Gasteiger partial charge in [0.05, 0.1) is 6.20 Å². The number of carbonyl (C=O) groups is 2. The second-order valence-electron chi connectivity index (χ2n) is 6.76.